The van der Waals surface area contributed by atoms with Gasteiger partial charge >= 0.3 is 6.03 Å². The lowest BCUT2D eigenvalue weighted by Crippen LogP contribution is -2.36. The number of hydrogen-bond donors (Lipinski definition) is 2. The van der Waals surface area contributed by atoms with E-state index in [2.05, 4.69) is 20.8 Å². The van der Waals surface area contributed by atoms with Crippen LogP contribution in [0.15, 0.2) is 12.3 Å². The number of nitrogens with one attached hydrogen (secondary N) is 2. The first-order valence-corrected chi connectivity index (χ1v) is 7.56. The predicted octanol–water partition coefficient (Wildman–Crippen LogP) is 1.76. The lowest BCUT2D eigenvalue weighted by molar-refractivity contribution is 0.165. The fourth-order valence-electron chi connectivity index (χ4n) is 2.59. The average Bonchev–Trinajstić information content (AvgIpc) is 3.05. The highest BCUT2D eigenvalue weighted by Crippen LogP contribution is 2.20. The highest BCUT2D eigenvalue weighted by Gasteiger charge is 2.19. The second kappa shape index (κ2) is 7.28. The van der Waals surface area contributed by atoms with E-state index in [1.54, 1.807) is 18.0 Å². The summed E-state index contributed by atoms with van der Waals surface area (Å²) in [5.41, 5.74) is 3.34. The van der Waals surface area contributed by atoms with Gasteiger partial charge in [0.05, 0.1) is 35.4 Å². The minimum Gasteiger partial charge on any atom is -0.382 e. The lowest BCUT2D eigenvalue weighted by Gasteiger charge is -2.18. The molecule has 1 atom stereocenters. The van der Waals surface area contributed by atoms with E-state index in [1.165, 1.54) is 0 Å². The van der Waals surface area contributed by atoms with Crippen LogP contribution >= 0.6 is 0 Å². The Labute approximate surface area is 135 Å². The third kappa shape index (κ3) is 3.70. The summed E-state index contributed by atoms with van der Waals surface area (Å²) in [5, 5.41) is 14.3. The number of nitrogens with zero attached hydrogens (tertiary/aromatic N) is 4. The standard InChI is InChI=1S/C15H24N6O2/c1-6-21-11(3)14(10(2)19-21)18-15(22)17-12(9-23-5)13-7-8-16-20(13)4/h7-8,12H,6,9H2,1-5H3,(H2,17,18,22)/t12-/m0/s1. The van der Waals surface area contributed by atoms with Crippen molar-refractivity contribution < 1.29 is 9.53 Å². The number of amides is 2. The molecular formula is C15H24N6O2. The van der Waals surface area contributed by atoms with Crippen molar-refractivity contribution in [2.24, 2.45) is 7.05 Å². The zero-order valence-electron chi connectivity index (χ0n) is 14.3. The molecule has 8 nitrogen and oxygen atoms in total. The van der Waals surface area contributed by atoms with Crippen LogP contribution in [0.1, 0.15) is 30.0 Å². The molecule has 2 aromatic heterocycles. The number of anilines is 1. The summed E-state index contributed by atoms with van der Waals surface area (Å²) >= 11 is 0. The first-order valence-electron chi connectivity index (χ1n) is 7.56. The molecule has 0 aliphatic rings. The van der Waals surface area contributed by atoms with E-state index in [1.807, 2.05) is 38.6 Å². The van der Waals surface area contributed by atoms with Crippen LogP contribution in [0.4, 0.5) is 10.5 Å². The number of rotatable bonds is 6. The molecule has 0 bridgehead atoms. The van der Waals surface area contributed by atoms with E-state index < -0.39 is 0 Å². The smallest absolute Gasteiger partial charge is 0.319 e. The van der Waals surface area contributed by atoms with Crippen LogP contribution in [0.3, 0.4) is 0 Å². The quantitative estimate of drug-likeness (QED) is 0.849. The fraction of sp³-hybridized carbons (Fsp3) is 0.533. The van der Waals surface area contributed by atoms with Gasteiger partial charge in [-0.3, -0.25) is 9.36 Å². The fourth-order valence-corrected chi connectivity index (χ4v) is 2.59. The largest absolute Gasteiger partial charge is 0.382 e. The molecule has 0 unspecified atom stereocenters. The molecule has 126 valence electrons. The summed E-state index contributed by atoms with van der Waals surface area (Å²) in [5.74, 6) is 0. The van der Waals surface area contributed by atoms with E-state index in [-0.39, 0.29) is 12.1 Å². The molecule has 0 radical (unpaired) electrons. The minimum absolute atomic E-state index is 0.283. The Morgan fingerprint density at radius 2 is 2.17 bits per heavy atom. The molecule has 8 heteroatoms. The molecule has 2 amide bonds. The summed E-state index contributed by atoms with van der Waals surface area (Å²) in [6, 6.07) is 1.28. The molecule has 0 aliphatic carbocycles. The summed E-state index contributed by atoms with van der Waals surface area (Å²) in [6.45, 7) is 6.95. The number of carbonyl (C=O) groups excluding carboxylic acids is 1. The van der Waals surface area contributed by atoms with E-state index in [9.17, 15) is 4.79 Å². The molecule has 0 aliphatic heterocycles. The zero-order valence-corrected chi connectivity index (χ0v) is 14.3. The zero-order chi connectivity index (χ0) is 17.0. The number of aromatic nitrogens is 4. The molecule has 0 fully saturated rings. The maximum Gasteiger partial charge on any atom is 0.319 e. The maximum atomic E-state index is 12.4. The van der Waals surface area contributed by atoms with Crippen molar-refractivity contribution in [3.8, 4) is 0 Å². The Balaban J connectivity index is 2.11. The van der Waals surface area contributed by atoms with Gasteiger partial charge in [-0.15, -0.1) is 0 Å². The SMILES string of the molecule is CCn1nc(C)c(NC(=O)N[C@@H](COC)c2ccnn2C)c1C. The van der Waals surface area contributed by atoms with Crippen LogP contribution in [-0.2, 0) is 18.3 Å². The van der Waals surface area contributed by atoms with Crippen LogP contribution < -0.4 is 10.6 Å². The Bertz CT molecular complexity index is 676. The number of urea groups is 1. The first kappa shape index (κ1) is 17.0. The van der Waals surface area contributed by atoms with Crippen molar-refractivity contribution in [3.05, 3.63) is 29.3 Å². The molecule has 0 aromatic carbocycles. The summed E-state index contributed by atoms with van der Waals surface area (Å²) < 4.78 is 8.78. The Morgan fingerprint density at radius 1 is 1.43 bits per heavy atom. The molecule has 2 N–H and O–H groups in total. The van der Waals surface area contributed by atoms with Crippen LogP contribution in [0, 0.1) is 13.8 Å². The topological polar surface area (TPSA) is 86.0 Å². The van der Waals surface area contributed by atoms with Crippen LogP contribution in [0.5, 0.6) is 0 Å². The molecule has 0 saturated carbocycles. The van der Waals surface area contributed by atoms with E-state index in [0.717, 1.165) is 29.3 Å². The third-order valence-corrected chi connectivity index (χ3v) is 3.77. The number of methoxy groups -OCH3 is 1. The summed E-state index contributed by atoms with van der Waals surface area (Å²) in [7, 11) is 3.43. The molecule has 0 saturated heterocycles. The van der Waals surface area contributed by atoms with Crippen LogP contribution in [0.25, 0.3) is 0 Å². The van der Waals surface area contributed by atoms with Gasteiger partial charge in [0.1, 0.15) is 0 Å². The molecular weight excluding hydrogens is 296 g/mol. The van der Waals surface area contributed by atoms with Gasteiger partial charge in [0, 0.05) is 26.9 Å². The number of hydrogen-bond acceptors (Lipinski definition) is 4. The van der Waals surface area contributed by atoms with Crippen molar-refractivity contribution in [3.63, 3.8) is 0 Å². The molecule has 2 rings (SSSR count). The minimum atomic E-state index is -0.296. The second-order valence-corrected chi connectivity index (χ2v) is 5.35. The Hall–Kier alpha value is -2.35. The molecule has 2 heterocycles. The van der Waals surface area contributed by atoms with Gasteiger partial charge in [-0.05, 0) is 26.8 Å². The normalized spacial score (nSPS) is 12.2. The van der Waals surface area contributed by atoms with Crippen molar-refractivity contribution in [2.45, 2.75) is 33.4 Å². The Kier molecular flexibility index (Phi) is 5.38. The van der Waals surface area contributed by atoms with Crippen LogP contribution in [-0.4, -0.2) is 39.3 Å². The van der Waals surface area contributed by atoms with Gasteiger partial charge in [0.2, 0.25) is 0 Å². The van der Waals surface area contributed by atoms with Gasteiger partial charge in [0.15, 0.2) is 0 Å². The second-order valence-electron chi connectivity index (χ2n) is 5.35. The first-order chi connectivity index (χ1) is 11.0. The number of carbonyl (C=O) groups is 1. The lowest BCUT2D eigenvalue weighted by atomic mass is 10.2. The van der Waals surface area contributed by atoms with Crippen molar-refractivity contribution in [2.75, 3.05) is 19.0 Å². The molecule has 0 spiro atoms. The van der Waals surface area contributed by atoms with E-state index >= 15 is 0 Å². The van der Waals surface area contributed by atoms with Gasteiger partial charge in [-0.2, -0.15) is 10.2 Å². The average molecular weight is 320 g/mol. The highest BCUT2D eigenvalue weighted by molar-refractivity contribution is 5.90. The van der Waals surface area contributed by atoms with E-state index in [4.69, 9.17) is 4.74 Å². The van der Waals surface area contributed by atoms with E-state index in [0.29, 0.717) is 6.61 Å². The third-order valence-electron chi connectivity index (χ3n) is 3.77. The van der Waals surface area contributed by atoms with Crippen LogP contribution in [0.2, 0.25) is 0 Å². The van der Waals surface area contributed by atoms with Crippen molar-refractivity contribution in [1.29, 1.82) is 0 Å². The molecule has 23 heavy (non-hydrogen) atoms. The number of aryl methyl sites for hydroxylation is 3. The van der Waals surface area contributed by atoms with Gasteiger partial charge < -0.3 is 15.4 Å². The predicted molar refractivity (Wildman–Crippen MR) is 87.4 cm³/mol. The summed E-state index contributed by atoms with van der Waals surface area (Å²) in [4.78, 5) is 12.4. The summed E-state index contributed by atoms with van der Waals surface area (Å²) in [6.07, 6.45) is 1.69. The highest BCUT2D eigenvalue weighted by atomic mass is 16.5. The van der Waals surface area contributed by atoms with Gasteiger partial charge in [-0.25, -0.2) is 4.79 Å². The van der Waals surface area contributed by atoms with Crippen molar-refractivity contribution in [1.82, 2.24) is 24.9 Å². The van der Waals surface area contributed by atoms with Gasteiger partial charge in [0.25, 0.3) is 0 Å². The maximum absolute atomic E-state index is 12.4. The van der Waals surface area contributed by atoms with Gasteiger partial charge in [-0.1, -0.05) is 0 Å². The molecule has 2 aromatic rings. The number of ether oxygens (including phenoxy) is 1. The monoisotopic (exact) mass is 320 g/mol. The Morgan fingerprint density at radius 3 is 2.70 bits per heavy atom. The van der Waals surface area contributed by atoms with Crippen molar-refractivity contribution >= 4 is 11.7 Å².